The molecule has 0 radical (unpaired) electrons. The molecule has 0 aliphatic rings. The molecule has 0 aliphatic heterocycles. The Bertz CT molecular complexity index is 356. The van der Waals surface area contributed by atoms with Gasteiger partial charge in [0.15, 0.2) is 0 Å². The normalized spacial score (nSPS) is 12.5. The van der Waals surface area contributed by atoms with Crippen LogP contribution in [0, 0.1) is 0 Å². The summed E-state index contributed by atoms with van der Waals surface area (Å²) in [4.78, 5) is 0. The van der Waals surface area contributed by atoms with Crippen molar-refractivity contribution in [2.24, 2.45) is 0 Å². The zero-order valence-electron chi connectivity index (χ0n) is 9.16. The maximum absolute atomic E-state index is 10.7. The standard InChI is InChI=1S/C8H18O6S2.Na.H/c1-2-3-4-5-6-7-8(15(9,10)11)16(12,13)14;;/h8H,2-7H2,1H3,(H,9,10,11)(H,12,13,14);;. The first-order valence-corrected chi connectivity index (χ1v) is 8.13. The first kappa shape index (κ1) is 20.1. The van der Waals surface area contributed by atoms with Gasteiger partial charge in [0.2, 0.25) is 4.58 Å². The summed E-state index contributed by atoms with van der Waals surface area (Å²) in [6.07, 6.45) is 3.61. The van der Waals surface area contributed by atoms with E-state index in [2.05, 4.69) is 0 Å². The Labute approximate surface area is 125 Å². The molecule has 0 aromatic rings. The summed E-state index contributed by atoms with van der Waals surface area (Å²) >= 11 is 0. The zero-order valence-corrected chi connectivity index (χ0v) is 10.8. The van der Waals surface area contributed by atoms with E-state index >= 15 is 0 Å². The third kappa shape index (κ3) is 9.40. The molecule has 0 spiro atoms. The first-order chi connectivity index (χ1) is 7.19. The van der Waals surface area contributed by atoms with Gasteiger partial charge in [-0.1, -0.05) is 39.0 Å². The van der Waals surface area contributed by atoms with Crippen LogP contribution in [0.4, 0.5) is 0 Å². The average molecular weight is 298 g/mol. The minimum atomic E-state index is -4.75. The molecule has 0 saturated carbocycles. The van der Waals surface area contributed by atoms with Crippen LogP contribution in [0.2, 0.25) is 0 Å². The van der Waals surface area contributed by atoms with Crippen molar-refractivity contribution in [3.8, 4) is 0 Å². The number of unbranched alkanes of at least 4 members (excludes halogenated alkanes) is 4. The van der Waals surface area contributed by atoms with Crippen molar-refractivity contribution in [1.29, 1.82) is 0 Å². The van der Waals surface area contributed by atoms with Crippen LogP contribution in [0.1, 0.15) is 45.4 Å². The van der Waals surface area contributed by atoms with E-state index in [4.69, 9.17) is 9.11 Å². The number of hydrogen-bond donors (Lipinski definition) is 2. The molecule has 6 nitrogen and oxygen atoms in total. The minimum absolute atomic E-state index is 0. The molecule has 0 aromatic carbocycles. The Morgan fingerprint density at radius 1 is 0.882 bits per heavy atom. The van der Waals surface area contributed by atoms with Crippen molar-refractivity contribution >= 4 is 49.8 Å². The fraction of sp³-hybridized carbons (Fsp3) is 1.00. The van der Waals surface area contributed by atoms with Crippen LogP contribution in [0.5, 0.6) is 0 Å². The third-order valence-corrected chi connectivity index (χ3v) is 5.47. The van der Waals surface area contributed by atoms with Gasteiger partial charge in [-0.2, -0.15) is 16.8 Å². The fourth-order valence-electron chi connectivity index (χ4n) is 1.37. The van der Waals surface area contributed by atoms with E-state index in [1.807, 2.05) is 6.92 Å². The Morgan fingerprint density at radius 3 is 1.65 bits per heavy atom. The molecule has 0 saturated heterocycles. The van der Waals surface area contributed by atoms with Crippen LogP contribution in [0.25, 0.3) is 0 Å². The fourth-order valence-corrected chi connectivity index (χ4v) is 3.52. The van der Waals surface area contributed by atoms with Crippen LogP contribution < -0.4 is 0 Å². The summed E-state index contributed by atoms with van der Waals surface area (Å²) < 4.78 is 58.0. The monoisotopic (exact) mass is 298 g/mol. The third-order valence-electron chi connectivity index (χ3n) is 2.21. The SMILES string of the molecule is CCCCCCCC(S(=O)(=O)O)S(=O)(=O)O.[NaH]. The Balaban J connectivity index is 0. The second-order valence-electron chi connectivity index (χ2n) is 3.66. The number of rotatable bonds is 8. The Hall–Kier alpha value is 0.820. The van der Waals surface area contributed by atoms with Crippen molar-refractivity contribution in [1.82, 2.24) is 0 Å². The van der Waals surface area contributed by atoms with Crippen LogP contribution >= 0.6 is 0 Å². The van der Waals surface area contributed by atoms with Crippen LogP contribution in [0.15, 0.2) is 0 Å². The van der Waals surface area contributed by atoms with Gasteiger partial charge in [-0.25, -0.2) is 0 Å². The van der Waals surface area contributed by atoms with Gasteiger partial charge in [-0.05, 0) is 6.42 Å². The van der Waals surface area contributed by atoms with E-state index in [1.165, 1.54) is 0 Å². The van der Waals surface area contributed by atoms with Crippen molar-refractivity contribution < 1.29 is 25.9 Å². The molecule has 9 heteroatoms. The Kier molecular flexibility index (Phi) is 10.5. The molecule has 0 atom stereocenters. The molecule has 0 rings (SSSR count). The van der Waals surface area contributed by atoms with E-state index in [0.29, 0.717) is 12.8 Å². The predicted octanol–water partition coefficient (Wildman–Crippen LogP) is 0.800. The summed E-state index contributed by atoms with van der Waals surface area (Å²) in [6.45, 7) is 2.01. The number of hydrogen-bond acceptors (Lipinski definition) is 4. The molecule has 0 heterocycles. The Morgan fingerprint density at radius 2 is 1.29 bits per heavy atom. The predicted molar refractivity (Wildman–Crippen MR) is 67.4 cm³/mol. The molecule has 0 aromatic heterocycles. The quantitative estimate of drug-likeness (QED) is 0.390. The van der Waals surface area contributed by atoms with Crippen LogP contribution in [0.3, 0.4) is 0 Å². The summed E-state index contributed by atoms with van der Waals surface area (Å²) in [5.41, 5.74) is 0. The van der Waals surface area contributed by atoms with Crippen molar-refractivity contribution in [3.05, 3.63) is 0 Å². The van der Waals surface area contributed by atoms with Crippen LogP contribution in [-0.2, 0) is 20.2 Å². The van der Waals surface area contributed by atoms with E-state index in [-0.39, 0.29) is 36.0 Å². The molecular weight excluding hydrogens is 279 g/mol. The molecule has 0 aliphatic carbocycles. The second-order valence-corrected chi connectivity index (χ2v) is 7.16. The van der Waals surface area contributed by atoms with E-state index in [1.54, 1.807) is 0 Å². The van der Waals surface area contributed by atoms with Gasteiger partial charge >= 0.3 is 29.6 Å². The molecule has 2 N–H and O–H groups in total. The van der Waals surface area contributed by atoms with Gasteiger partial charge in [0, 0.05) is 0 Å². The van der Waals surface area contributed by atoms with Gasteiger partial charge in [0.1, 0.15) is 0 Å². The first-order valence-electron chi connectivity index (χ1n) is 5.12. The van der Waals surface area contributed by atoms with Crippen molar-refractivity contribution in [2.75, 3.05) is 0 Å². The summed E-state index contributed by atoms with van der Waals surface area (Å²) in [7, 11) is -9.51. The van der Waals surface area contributed by atoms with Gasteiger partial charge in [-0.3, -0.25) is 9.11 Å². The van der Waals surface area contributed by atoms with Gasteiger partial charge in [-0.15, -0.1) is 0 Å². The van der Waals surface area contributed by atoms with Gasteiger partial charge in [0.05, 0.1) is 0 Å². The topological polar surface area (TPSA) is 109 Å². The summed E-state index contributed by atoms with van der Waals surface area (Å²) in [5, 5.41) is 0. The molecule has 0 fully saturated rings. The molecule has 100 valence electrons. The summed E-state index contributed by atoms with van der Waals surface area (Å²) in [6, 6.07) is 0. The van der Waals surface area contributed by atoms with E-state index in [0.717, 1.165) is 19.3 Å². The molecule has 0 amide bonds. The van der Waals surface area contributed by atoms with Gasteiger partial charge < -0.3 is 0 Å². The van der Waals surface area contributed by atoms with Crippen LogP contribution in [-0.4, -0.2) is 60.1 Å². The van der Waals surface area contributed by atoms with Gasteiger partial charge in [0.25, 0.3) is 20.2 Å². The maximum atomic E-state index is 10.7. The molecule has 17 heavy (non-hydrogen) atoms. The average Bonchev–Trinajstić information content (AvgIpc) is 2.06. The van der Waals surface area contributed by atoms with E-state index < -0.39 is 24.8 Å². The molecule has 0 bridgehead atoms. The van der Waals surface area contributed by atoms with Crippen molar-refractivity contribution in [3.63, 3.8) is 0 Å². The van der Waals surface area contributed by atoms with Crippen molar-refractivity contribution in [2.45, 2.75) is 50.0 Å². The summed E-state index contributed by atoms with van der Waals surface area (Å²) in [5.74, 6) is 0. The van der Waals surface area contributed by atoms with E-state index in [9.17, 15) is 16.8 Å². The molecule has 0 unspecified atom stereocenters. The molecular formula is C8H19NaO6S2. The zero-order chi connectivity index (χ0) is 12.8. The second kappa shape index (κ2) is 8.84.